The highest BCUT2D eigenvalue weighted by atomic mass is 32.2. The Morgan fingerprint density at radius 1 is 1.16 bits per heavy atom. The zero-order valence-electron chi connectivity index (χ0n) is 18.6. The minimum absolute atomic E-state index is 0.0493. The fourth-order valence-corrected chi connectivity index (χ4v) is 4.98. The van der Waals surface area contributed by atoms with Gasteiger partial charge in [0.2, 0.25) is 11.8 Å². The number of hydrogen-bond acceptors (Lipinski definition) is 4. The van der Waals surface area contributed by atoms with E-state index in [4.69, 9.17) is 4.74 Å². The first-order valence-electron chi connectivity index (χ1n) is 11.1. The molecule has 0 spiro atoms. The summed E-state index contributed by atoms with van der Waals surface area (Å²) < 4.78 is 5.76. The van der Waals surface area contributed by atoms with Crippen LogP contribution in [-0.2, 0) is 9.59 Å². The average molecular weight is 441 g/mol. The standard InChI is InChI=1S/C25H32N2O3S/c1-4-7-10-18(5-2)24(29)26-20-15-13-19(14-16-20)25-27(23(28)17-31-25)21-11-8-9-12-22(21)30-6-3/h8-9,11-16,18,25H,4-7,10,17H2,1-3H3,(H,26,29)/t18-,25+/m1/s1. The number of carbonyl (C=O) groups is 2. The lowest BCUT2D eigenvalue weighted by Crippen LogP contribution is -2.28. The van der Waals surface area contributed by atoms with Gasteiger partial charge in [0.15, 0.2) is 0 Å². The second-order valence-corrected chi connectivity index (χ2v) is 8.76. The third kappa shape index (κ3) is 5.62. The van der Waals surface area contributed by atoms with Gasteiger partial charge in [0, 0.05) is 11.6 Å². The molecule has 1 fully saturated rings. The van der Waals surface area contributed by atoms with Crippen molar-refractivity contribution >= 4 is 35.0 Å². The summed E-state index contributed by atoms with van der Waals surface area (Å²) in [6, 6.07) is 15.5. The molecule has 6 heteroatoms. The molecular weight excluding hydrogens is 408 g/mol. The van der Waals surface area contributed by atoms with Crippen LogP contribution in [0.5, 0.6) is 5.75 Å². The first-order chi connectivity index (χ1) is 15.1. The van der Waals surface area contributed by atoms with Crippen LogP contribution in [0.4, 0.5) is 11.4 Å². The summed E-state index contributed by atoms with van der Waals surface area (Å²) in [5.74, 6) is 1.35. The molecule has 2 atom stereocenters. The summed E-state index contributed by atoms with van der Waals surface area (Å²) in [6.07, 6.45) is 3.93. The van der Waals surface area contributed by atoms with Crippen molar-refractivity contribution in [2.45, 2.75) is 51.8 Å². The lowest BCUT2D eigenvalue weighted by molar-refractivity contribution is -0.120. The van der Waals surface area contributed by atoms with Crippen LogP contribution >= 0.6 is 11.8 Å². The number of para-hydroxylation sites is 2. The fourth-order valence-electron chi connectivity index (χ4n) is 3.81. The van der Waals surface area contributed by atoms with Crippen LogP contribution < -0.4 is 15.0 Å². The van der Waals surface area contributed by atoms with Gasteiger partial charge >= 0.3 is 0 Å². The molecular formula is C25H32N2O3S. The van der Waals surface area contributed by atoms with Crippen molar-refractivity contribution in [3.63, 3.8) is 0 Å². The van der Waals surface area contributed by atoms with E-state index in [1.807, 2.05) is 60.4 Å². The average Bonchev–Trinajstić information content (AvgIpc) is 3.16. The molecule has 166 valence electrons. The maximum atomic E-state index is 12.7. The van der Waals surface area contributed by atoms with Gasteiger partial charge in [-0.1, -0.05) is 51.0 Å². The highest BCUT2D eigenvalue weighted by molar-refractivity contribution is 8.00. The van der Waals surface area contributed by atoms with Gasteiger partial charge in [-0.3, -0.25) is 14.5 Å². The molecule has 0 aliphatic carbocycles. The molecule has 0 aromatic heterocycles. The quantitative estimate of drug-likeness (QED) is 0.491. The van der Waals surface area contributed by atoms with Crippen molar-refractivity contribution in [1.82, 2.24) is 0 Å². The lowest BCUT2D eigenvalue weighted by Gasteiger charge is -2.26. The maximum absolute atomic E-state index is 12.7. The number of unbranched alkanes of at least 4 members (excludes halogenated alkanes) is 1. The van der Waals surface area contributed by atoms with Gasteiger partial charge in [-0.25, -0.2) is 0 Å². The monoisotopic (exact) mass is 440 g/mol. The second kappa shape index (κ2) is 11.2. The van der Waals surface area contributed by atoms with Crippen LogP contribution in [0.25, 0.3) is 0 Å². The van der Waals surface area contributed by atoms with E-state index in [2.05, 4.69) is 19.2 Å². The van der Waals surface area contributed by atoms with E-state index in [0.29, 0.717) is 18.1 Å². The normalized spacial score (nSPS) is 16.9. The van der Waals surface area contributed by atoms with Crippen LogP contribution in [0.3, 0.4) is 0 Å². The first kappa shape index (κ1) is 23.2. The molecule has 0 unspecified atom stereocenters. The molecule has 2 aromatic carbocycles. The Labute approximate surface area is 189 Å². The van der Waals surface area contributed by atoms with Gasteiger partial charge in [-0.2, -0.15) is 0 Å². The van der Waals surface area contributed by atoms with E-state index in [9.17, 15) is 9.59 Å². The molecule has 1 saturated heterocycles. The summed E-state index contributed by atoms with van der Waals surface area (Å²) in [4.78, 5) is 27.1. The van der Waals surface area contributed by atoms with E-state index >= 15 is 0 Å². The minimum Gasteiger partial charge on any atom is -0.492 e. The number of benzene rings is 2. The summed E-state index contributed by atoms with van der Waals surface area (Å²) >= 11 is 1.60. The molecule has 2 amide bonds. The van der Waals surface area contributed by atoms with Crippen molar-refractivity contribution in [3.8, 4) is 5.75 Å². The van der Waals surface area contributed by atoms with Crippen molar-refractivity contribution in [2.24, 2.45) is 5.92 Å². The van der Waals surface area contributed by atoms with Gasteiger partial charge in [-0.05, 0) is 49.6 Å². The summed E-state index contributed by atoms with van der Waals surface area (Å²) in [7, 11) is 0. The highest BCUT2D eigenvalue weighted by Crippen LogP contribution is 2.44. The molecule has 3 rings (SSSR count). The van der Waals surface area contributed by atoms with Crippen molar-refractivity contribution in [2.75, 3.05) is 22.6 Å². The zero-order chi connectivity index (χ0) is 22.2. The van der Waals surface area contributed by atoms with Crippen molar-refractivity contribution in [1.29, 1.82) is 0 Å². The molecule has 2 aromatic rings. The lowest BCUT2D eigenvalue weighted by atomic mass is 9.98. The van der Waals surface area contributed by atoms with Gasteiger partial charge < -0.3 is 10.1 Å². The maximum Gasteiger partial charge on any atom is 0.238 e. The van der Waals surface area contributed by atoms with Crippen LogP contribution in [0.1, 0.15) is 57.4 Å². The number of carbonyl (C=O) groups excluding carboxylic acids is 2. The number of ether oxygens (including phenoxy) is 1. The molecule has 1 aliphatic heterocycles. The number of amides is 2. The SMILES string of the molecule is CCCC[C@@H](CC)C(=O)Nc1ccc([C@@H]2SCC(=O)N2c2ccccc2OCC)cc1. The Kier molecular flexibility index (Phi) is 8.41. The Morgan fingerprint density at radius 3 is 2.58 bits per heavy atom. The number of nitrogens with one attached hydrogen (secondary N) is 1. The molecule has 0 radical (unpaired) electrons. The van der Waals surface area contributed by atoms with Gasteiger partial charge in [0.25, 0.3) is 0 Å². The van der Waals surface area contributed by atoms with E-state index in [0.717, 1.165) is 42.6 Å². The van der Waals surface area contributed by atoms with Crippen LogP contribution in [0.2, 0.25) is 0 Å². The predicted molar refractivity (Wildman–Crippen MR) is 129 cm³/mol. The third-order valence-corrected chi connectivity index (χ3v) is 6.74. The molecule has 1 heterocycles. The second-order valence-electron chi connectivity index (χ2n) is 7.69. The van der Waals surface area contributed by atoms with E-state index in [1.54, 1.807) is 11.8 Å². The first-order valence-corrected chi connectivity index (χ1v) is 12.2. The molecule has 5 nitrogen and oxygen atoms in total. The summed E-state index contributed by atoms with van der Waals surface area (Å²) in [5.41, 5.74) is 2.61. The molecule has 1 aliphatic rings. The van der Waals surface area contributed by atoms with Gasteiger partial charge in [0.05, 0.1) is 18.0 Å². The Bertz CT molecular complexity index is 885. The molecule has 1 N–H and O–H groups in total. The van der Waals surface area contributed by atoms with Gasteiger partial charge in [0.1, 0.15) is 11.1 Å². The summed E-state index contributed by atoms with van der Waals surface area (Å²) in [6.45, 7) is 6.69. The smallest absolute Gasteiger partial charge is 0.238 e. The number of thioether (sulfide) groups is 1. The zero-order valence-corrected chi connectivity index (χ0v) is 19.4. The number of nitrogens with zero attached hydrogens (tertiary/aromatic N) is 1. The largest absolute Gasteiger partial charge is 0.492 e. The highest BCUT2D eigenvalue weighted by Gasteiger charge is 2.35. The fraction of sp³-hybridized carbons (Fsp3) is 0.440. The van der Waals surface area contributed by atoms with Crippen molar-refractivity contribution in [3.05, 3.63) is 54.1 Å². The Morgan fingerprint density at radius 2 is 1.90 bits per heavy atom. The topological polar surface area (TPSA) is 58.6 Å². The summed E-state index contributed by atoms with van der Waals surface area (Å²) in [5, 5.41) is 2.93. The minimum atomic E-state index is -0.119. The van der Waals surface area contributed by atoms with E-state index in [-0.39, 0.29) is 23.1 Å². The van der Waals surface area contributed by atoms with Crippen LogP contribution in [-0.4, -0.2) is 24.2 Å². The van der Waals surface area contributed by atoms with Crippen molar-refractivity contribution < 1.29 is 14.3 Å². The van der Waals surface area contributed by atoms with E-state index in [1.165, 1.54) is 0 Å². The third-order valence-electron chi connectivity index (χ3n) is 5.53. The molecule has 0 bridgehead atoms. The molecule has 0 saturated carbocycles. The number of hydrogen-bond donors (Lipinski definition) is 1. The number of rotatable bonds is 10. The van der Waals surface area contributed by atoms with Crippen LogP contribution in [0.15, 0.2) is 48.5 Å². The Hall–Kier alpha value is -2.47. The molecule has 31 heavy (non-hydrogen) atoms. The van der Waals surface area contributed by atoms with E-state index < -0.39 is 0 Å². The van der Waals surface area contributed by atoms with Gasteiger partial charge in [-0.15, -0.1) is 11.8 Å². The Balaban J connectivity index is 1.75. The number of anilines is 2. The van der Waals surface area contributed by atoms with Crippen LogP contribution in [0, 0.1) is 5.92 Å². The predicted octanol–water partition coefficient (Wildman–Crippen LogP) is 6.02.